The molecule has 5 heteroatoms. The molecule has 21 heavy (non-hydrogen) atoms. The lowest BCUT2D eigenvalue weighted by molar-refractivity contribution is -0.137. The molecule has 2 aromatic carbocycles. The Hall–Kier alpha value is -2.82. The fourth-order valence-electron chi connectivity index (χ4n) is 2.45. The summed E-state index contributed by atoms with van der Waals surface area (Å²) in [5.74, 6) is -0.262. The molecule has 1 heterocycles. The SMILES string of the molecule is Cc1cccc(-c2nc3cc(N)ccc3n2CC(=O)O)c1. The Morgan fingerprint density at radius 2 is 2.10 bits per heavy atom. The zero-order chi connectivity index (χ0) is 15.0. The average Bonchev–Trinajstić information content (AvgIpc) is 2.76. The molecule has 3 aromatic rings. The predicted molar refractivity (Wildman–Crippen MR) is 82.0 cm³/mol. The third-order valence-corrected chi connectivity index (χ3v) is 3.34. The van der Waals surface area contributed by atoms with Gasteiger partial charge >= 0.3 is 5.97 Å². The highest BCUT2D eigenvalue weighted by molar-refractivity contribution is 5.85. The number of hydrogen-bond donors (Lipinski definition) is 2. The van der Waals surface area contributed by atoms with Gasteiger partial charge < -0.3 is 15.4 Å². The van der Waals surface area contributed by atoms with Crippen molar-refractivity contribution in [3.05, 3.63) is 48.0 Å². The van der Waals surface area contributed by atoms with Crippen molar-refractivity contribution in [3.63, 3.8) is 0 Å². The number of carboxylic acid groups (broad SMARTS) is 1. The van der Waals surface area contributed by atoms with E-state index in [0.717, 1.165) is 16.6 Å². The second kappa shape index (κ2) is 4.94. The fourth-order valence-corrected chi connectivity index (χ4v) is 2.45. The summed E-state index contributed by atoms with van der Waals surface area (Å²) in [6.45, 7) is 1.86. The third-order valence-electron chi connectivity index (χ3n) is 3.34. The van der Waals surface area contributed by atoms with Gasteiger partial charge in [0, 0.05) is 11.3 Å². The first-order valence-corrected chi connectivity index (χ1v) is 6.59. The Labute approximate surface area is 121 Å². The summed E-state index contributed by atoms with van der Waals surface area (Å²) < 4.78 is 1.70. The standard InChI is InChI=1S/C16H15N3O2/c1-10-3-2-4-11(7-10)16-18-13-8-12(17)5-6-14(13)19(16)9-15(20)21/h2-8H,9,17H2,1H3,(H,20,21). The number of hydrogen-bond acceptors (Lipinski definition) is 3. The van der Waals surface area contributed by atoms with Crippen LogP contribution in [0.5, 0.6) is 0 Å². The van der Waals surface area contributed by atoms with Gasteiger partial charge in [-0.3, -0.25) is 4.79 Å². The molecule has 3 rings (SSSR count). The van der Waals surface area contributed by atoms with Crippen LogP contribution in [-0.2, 0) is 11.3 Å². The zero-order valence-corrected chi connectivity index (χ0v) is 11.6. The number of imidazole rings is 1. The average molecular weight is 281 g/mol. The number of nitrogens with zero attached hydrogens (tertiary/aromatic N) is 2. The van der Waals surface area contributed by atoms with Gasteiger partial charge in [-0.15, -0.1) is 0 Å². The van der Waals surface area contributed by atoms with E-state index < -0.39 is 5.97 Å². The van der Waals surface area contributed by atoms with Crippen molar-refractivity contribution in [1.82, 2.24) is 9.55 Å². The Bertz CT molecular complexity index is 837. The lowest BCUT2D eigenvalue weighted by Gasteiger charge is -2.07. The third kappa shape index (κ3) is 2.45. The van der Waals surface area contributed by atoms with E-state index in [4.69, 9.17) is 10.8 Å². The fraction of sp³-hybridized carbons (Fsp3) is 0.125. The molecule has 0 aliphatic carbocycles. The van der Waals surface area contributed by atoms with Crippen LogP contribution in [0.15, 0.2) is 42.5 Å². The number of rotatable bonds is 3. The van der Waals surface area contributed by atoms with Gasteiger partial charge in [0.1, 0.15) is 12.4 Å². The van der Waals surface area contributed by atoms with Crippen molar-refractivity contribution in [1.29, 1.82) is 0 Å². The summed E-state index contributed by atoms with van der Waals surface area (Å²) in [4.78, 5) is 15.7. The molecule has 0 spiro atoms. The van der Waals surface area contributed by atoms with Crippen LogP contribution in [0.3, 0.4) is 0 Å². The van der Waals surface area contributed by atoms with Crippen LogP contribution in [0, 0.1) is 6.92 Å². The van der Waals surface area contributed by atoms with Gasteiger partial charge in [0.25, 0.3) is 0 Å². The first kappa shape index (κ1) is 13.2. The van der Waals surface area contributed by atoms with Gasteiger partial charge in [-0.2, -0.15) is 0 Å². The maximum Gasteiger partial charge on any atom is 0.323 e. The second-order valence-electron chi connectivity index (χ2n) is 5.03. The molecule has 5 nitrogen and oxygen atoms in total. The van der Waals surface area contributed by atoms with Crippen LogP contribution >= 0.6 is 0 Å². The van der Waals surface area contributed by atoms with Gasteiger partial charge in [-0.05, 0) is 31.2 Å². The zero-order valence-electron chi connectivity index (χ0n) is 11.6. The van der Waals surface area contributed by atoms with E-state index in [1.165, 1.54) is 0 Å². The summed E-state index contributed by atoms with van der Waals surface area (Å²) in [5, 5.41) is 9.15. The molecule has 0 bridgehead atoms. The van der Waals surface area contributed by atoms with Crippen molar-refractivity contribution in [2.24, 2.45) is 0 Å². The van der Waals surface area contributed by atoms with Gasteiger partial charge in [-0.25, -0.2) is 4.98 Å². The van der Waals surface area contributed by atoms with Gasteiger partial charge in [0.15, 0.2) is 0 Å². The van der Waals surface area contributed by atoms with Crippen molar-refractivity contribution in [2.45, 2.75) is 13.5 Å². The number of nitrogens with two attached hydrogens (primary N) is 1. The number of nitrogen functional groups attached to an aromatic ring is 1. The summed E-state index contributed by atoms with van der Waals surface area (Å²) in [5.41, 5.74) is 9.85. The molecule has 0 aliphatic heterocycles. The molecule has 0 atom stereocenters. The normalized spacial score (nSPS) is 10.9. The molecule has 0 radical (unpaired) electrons. The summed E-state index contributed by atoms with van der Waals surface area (Å²) in [6, 6.07) is 13.2. The van der Waals surface area contributed by atoms with Crippen molar-refractivity contribution in [3.8, 4) is 11.4 Å². The predicted octanol–water partition coefficient (Wildman–Crippen LogP) is 2.68. The number of benzene rings is 2. The minimum absolute atomic E-state index is 0.135. The van der Waals surface area contributed by atoms with Gasteiger partial charge in [0.2, 0.25) is 0 Å². The molecular formula is C16H15N3O2. The Kier molecular flexibility index (Phi) is 3.10. The lowest BCUT2D eigenvalue weighted by Crippen LogP contribution is -2.10. The molecule has 0 saturated carbocycles. The van der Waals surface area contributed by atoms with E-state index in [1.54, 1.807) is 22.8 Å². The topological polar surface area (TPSA) is 81.1 Å². The molecule has 106 valence electrons. The van der Waals surface area contributed by atoms with Crippen LogP contribution in [0.2, 0.25) is 0 Å². The maximum atomic E-state index is 11.2. The molecule has 0 amide bonds. The van der Waals surface area contributed by atoms with E-state index in [0.29, 0.717) is 17.0 Å². The molecular weight excluding hydrogens is 266 g/mol. The van der Waals surface area contributed by atoms with Crippen molar-refractivity contribution >= 4 is 22.7 Å². The number of aliphatic carboxylic acids is 1. The Morgan fingerprint density at radius 3 is 2.81 bits per heavy atom. The van der Waals surface area contributed by atoms with E-state index in [-0.39, 0.29) is 6.54 Å². The highest BCUT2D eigenvalue weighted by Crippen LogP contribution is 2.26. The number of carboxylic acids is 1. The van der Waals surface area contributed by atoms with E-state index >= 15 is 0 Å². The number of carbonyl (C=O) groups is 1. The molecule has 0 saturated heterocycles. The Morgan fingerprint density at radius 1 is 1.29 bits per heavy atom. The van der Waals surface area contributed by atoms with Crippen molar-refractivity contribution < 1.29 is 9.90 Å². The smallest absolute Gasteiger partial charge is 0.323 e. The number of fused-ring (bicyclic) bond motifs is 1. The van der Waals surface area contributed by atoms with Crippen LogP contribution < -0.4 is 5.73 Å². The largest absolute Gasteiger partial charge is 0.480 e. The highest BCUT2D eigenvalue weighted by atomic mass is 16.4. The van der Waals surface area contributed by atoms with Crippen LogP contribution in [-0.4, -0.2) is 20.6 Å². The monoisotopic (exact) mass is 281 g/mol. The van der Waals surface area contributed by atoms with Crippen molar-refractivity contribution in [2.75, 3.05) is 5.73 Å². The quantitative estimate of drug-likeness (QED) is 0.723. The van der Waals surface area contributed by atoms with E-state index in [1.807, 2.05) is 31.2 Å². The van der Waals surface area contributed by atoms with Gasteiger partial charge in [-0.1, -0.05) is 23.8 Å². The molecule has 1 aromatic heterocycles. The van der Waals surface area contributed by atoms with Crippen LogP contribution in [0.25, 0.3) is 22.4 Å². The van der Waals surface area contributed by atoms with E-state index in [9.17, 15) is 4.79 Å². The number of aromatic nitrogens is 2. The Balaban J connectivity index is 2.27. The first-order valence-electron chi connectivity index (χ1n) is 6.59. The lowest BCUT2D eigenvalue weighted by atomic mass is 10.1. The number of aryl methyl sites for hydroxylation is 1. The van der Waals surface area contributed by atoms with Gasteiger partial charge in [0.05, 0.1) is 11.0 Å². The van der Waals surface area contributed by atoms with Crippen LogP contribution in [0.1, 0.15) is 5.56 Å². The van der Waals surface area contributed by atoms with Crippen LogP contribution in [0.4, 0.5) is 5.69 Å². The molecule has 0 unspecified atom stereocenters. The number of anilines is 1. The maximum absolute atomic E-state index is 11.2. The second-order valence-corrected chi connectivity index (χ2v) is 5.03. The van der Waals surface area contributed by atoms with E-state index in [2.05, 4.69) is 4.98 Å². The molecule has 0 fully saturated rings. The molecule has 3 N–H and O–H groups in total. The summed E-state index contributed by atoms with van der Waals surface area (Å²) >= 11 is 0. The highest BCUT2D eigenvalue weighted by Gasteiger charge is 2.15. The minimum atomic E-state index is -0.903. The first-order chi connectivity index (χ1) is 10.0. The summed E-state index contributed by atoms with van der Waals surface area (Å²) in [7, 11) is 0. The minimum Gasteiger partial charge on any atom is -0.480 e. The molecule has 0 aliphatic rings. The summed E-state index contributed by atoms with van der Waals surface area (Å²) in [6.07, 6.45) is 0.